The summed E-state index contributed by atoms with van der Waals surface area (Å²) < 4.78 is 46.3. The van der Waals surface area contributed by atoms with Crippen molar-refractivity contribution in [3.05, 3.63) is 41.3 Å². The molecule has 4 rings (SSSR count). The Bertz CT molecular complexity index is 1020. The van der Waals surface area contributed by atoms with E-state index in [1.807, 2.05) is 17.9 Å². The first kappa shape index (κ1) is 21.0. The monoisotopic (exact) mass is 435 g/mol. The summed E-state index contributed by atoms with van der Waals surface area (Å²) in [6.07, 6.45) is 0. The van der Waals surface area contributed by atoms with Gasteiger partial charge in [0, 0.05) is 51.0 Å². The maximum absolute atomic E-state index is 13.4. The average Bonchev–Trinajstić information content (AvgIpc) is 2.74. The van der Waals surface area contributed by atoms with Crippen molar-refractivity contribution in [3.63, 3.8) is 0 Å². The Labute approximate surface area is 176 Å². The van der Waals surface area contributed by atoms with Gasteiger partial charge >= 0.3 is 0 Å². The van der Waals surface area contributed by atoms with E-state index in [1.54, 1.807) is 6.92 Å². The van der Waals surface area contributed by atoms with Crippen molar-refractivity contribution in [2.75, 3.05) is 62.3 Å². The molecule has 8 nitrogen and oxygen atoms in total. The molecule has 0 N–H and O–H groups in total. The zero-order valence-corrected chi connectivity index (χ0v) is 18.0. The molecule has 0 saturated carbocycles. The summed E-state index contributed by atoms with van der Waals surface area (Å²) in [6.45, 7) is 8.12. The number of rotatable bonds is 4. The molecular formula is C20H26FN5O3S. The van der Waals surface area contributed by atoms with Crippen LogP contribution in [0.15, 0.2) is 29.2 Å². The number of sulfonamides is 1. The van der Waals surface area contributed by atoms with Crippen LogP contribution in [-0.2, 0) is 14.8 Å². The highest BCUT2D eigenvalue weighted by Gasteiger charge is 2.30. The molecule has 162 valence electrons. The Kier molecular flexibility index (Phi) is 5.90. The van der Waals surface area contributed by atoms with Gasteiger partial charge in [-0.15, -0.1) is 0 Å². The van der Waals surface area contributed by atoms with E-state index in [4.69, 9.17) is 9.72 Å². The van der Waals surface area contributed by atoms with Crippen LogP contribution in [0.1, 0.15) is 11.3 Å². The minimum Gasteiger partial charge on any atom is -0.378 e. The summed E-state index contributed by atoms with van der Waals surface area (Å²) in [5.74, 6) is 1.05. The normalized spacial score (nSPS) is 18.6. The molecule has 2 fully saturated rings. The Balaban J connectivity index is 1.48. The lowest BCUT2D eigenvalue weighted by molar-refractivity contribution is 0.122. The fraction of sp³-hybridized carbons (Fsp3) is 0.500. The highest BCUT2D eigenvalue weighted by Crippen LogP contribution is 2.24. The van der Waals surface area contributed by atoms with Crippen molar-refractivity contribution in [3.8, 4) is 0 Å². The largest absolute Gasteiger partial charge is 0.378 e. The lowest BCUT2D eigenvalue weighted by Crippen LogP contribution is -2.49. The first-order valence-corrected chi connectivity index (χ1v) is 11.5. The maximum Gasteiger partial charge on any atom is 0.243 e. The third-order valence-electron chi connectivity index (χ3n) is 5.44. The number of hydrogen-bond acceptors (Lipinski definition) is 7. The van der Waals surface area contributed by atoms with Crippen molar-refractivity contribution in [2.45, 2.75) is 18.7 Å². The van der Waals surface area contributed by atoms with Crippen molar-refractivity contribution in [1.29, 1.82) is 0 Å². The fourth-order valence-electron chi connectivity index (χ4n) is 3.80. The second-order valence-corrected chi connectivity index (χ2v) is 9.47. The summed E-state index contributed by atoms with van der Waals surface area (Å²) in [5.41, 5.74) is 1.29. The molecule has 0 aliphatic carbocycles. The summed E-state index contributed by atoms with van der Waals surface area (Å²) in [4.78, 5) is 13.6. The zero-order valence-electron chi connectivity index (χ0n) is 17.2. The van der Waals surface area contributed by atoms with Crippen LogP contribution < -0.4 is 9.80 Å². The number of hydrogen-bond donors (Lipinski definition) is 0. The average molecular weight is 436 g/mol. The van der Waals surface area contributed by atoms with E-state index in [0.29, 0.717) is 50.9 Å². The van der Waals surface area contributed by atoms with Crippen LogP contribution >= 0.6 is 0 Å². The van der Waals surface area contributed by atoms with Crippen LogP contribution in [0.5, 0.6) is 0 Å². The molecule has 0 radical (unpaired) electrons. The van der Waals surface area contributed by atoms with Gasteiger partial charge in [-0.2, -0.15) is 9.29 Å². The molecule has 0 unspecified atom stereocenters. The smallest absolute Gasteiger partial charge is 0.243 e. The highest BCUT2D eigenvalue weighted by atomic mass is 32.2. The van der Waals surface area contributed by atoms with Crippen LogP contribution in [0, 0.1) is 19.7 Å². The molecule has 30 heavy (non-hydrogen) atoms. The van der Waals surface area contributed by atoms with Gasteiger partial charge < -0.3 is 14.5 Å². The van der Waals surface area contributed by atoms with E-state index >= 15 is 0 Å². The number of nitrogens with zero attached hydrogens (tertiary/aromatic N) is 5. The Morgan fingerprint density at radius 1 is 0.933 bits per heavy atom. The van der Waals surface area contributed by atoms with Gasteiger partial charge in [0.2, 0.25) is 16.0 Å². The molecule has 0 spiro atoms. The number of aromatic nitrogens is 2. The molecular weight excluding hydrogens is 409 g/mol. The molecule has 3 heterocycles. The van der Waals surface area contributed by atoms with E-state index in [9.17, 15) is 12.8 Å². The van der Waals surface area contributed by atoms with E-state index in [1.165, 1.54) is 22.5 Å². The highest BCUT2D eigenvalue weighted by molar-refractivity contribution is 7.89. The lowest BCUT2D eigenvalue weighted by atomic mass is 10.2. The van der Waals surface area contributed by atoms with Gasteiger partial charge in [-0.25, -0.2) is 17.8 Å². The van der Waals surface area contributed by atoms with E-state index < -0.39 is 15.8 Å². The quantitative estimate of drug-likeness (QED) is 0.722. The number of halogens is 1. The van der Waals surface area contributed by atoms with Crippen molar-refractivity contribution in [1.82, 2.24) is 14.3 Å². The number of piperazine rings is 1. The summed E-state index contributed by atoms with van der Waals surface area (Å²) >= 11 is 0. The first-order chi connectivity index (χ1) is 14.3. The van der Waals surface area contributed by atoms with E-state index in [2.05, 4.69) is 9.88 Å². The second kappa shape index (κ2) is 8.44. The predicted octanol–water partition coefficient (Wildman–Crippen LogP) is 1.58. The van der Waals surface area contributed by atoms with Crippen molar-refractivity contribution >= 4 is 21.8 Å². The predicted molar refractivity (Wildman–Crippen MR) is 112 cm³/mol. The molecule has 0 atom stereocenters. The number of benzene rings is 1. The van der Waals surface area contributed by atoms with Gasteiger partial charge in [0.25, 0.3) is 0 Å². The molecule has 2 aliphatic rings. The third kappa shape index (κ3) is 4.26. The molecule has 0 bridgehead atoms. The SMILES string of the molecule is Cc1cc(N2CCOCC2)nc(N2CCN(S(=O)(=O)c3ccc(F)cc3C)CC2)n1. The van der Waals surface area contributed by atoms with Gasteiger partial charge in [0.05, 0.1) is 18.1 Å². The van der Waals surface area contributed by atoms with Gasteiger partial charge in [-0.05, 0) is 37.6 Å². The maximum atomic E-state index is 13.4. The van der Waals surface area contributed by atoms with E-state index in [0.717, 1.165) is 24.6 Å². The minimum absolute atomic E-state index is 0.152. The Morgan fingerprint density at radius 2 is 1.63 bits per heavy atom. The zero-order chi connectivity index (χ0) is 21.3. The third-order valence-corrected chi connectivity index (χ3v) is 7.50. The molecule has 2 aromatic rings. The number of anilines is 2. The van der Waals surface area contributed by atoms with Crippen LogP contribution in [0.4, 0.5) is 16.2 Å². The fourth-order valence-corrected chi connectivity index (χ4v) is 5.43. The standard InChI is InChI=1S/C20H26FN5O3S/c1-15-13-17(21)3-4-18(15)30(27,28)26-7-5-25(6-8-26)20-22-16(2)14-19(23-20)24-9-11-29-12-10-24/h3-4,13-14H,5-12H2,1-2H3. The summed E-state index contributed by atoms with van der Waals surface area (Å²) in [5, 5.41) is 0. The molecule has 2 saturated heterocycles. The van der Waals surface area contributed by atoms with Gasteiger partial charge in [-0.1, -0.05) is 0 Å². The Morgan fingerprint density at radius 3 is 2.30 bits per heavy atom. The van der Waals surface area contributed by atoms with Crippen LogP contribution in [0.2, 0.25) is 0 Å². The summed E-state index contributed by atoms with van der Waals surface area (Å²) in [7, 11) is -3.67. The van der Waals surface area contributed by atoms with Gasteiger partial charge in [0.1, 0.15) is 11.6 Å². The Hall–Kier alpha value is -2.30. The number of morpholine rings is 1. The second-order valence-electron chi connectivity index (χ2n) is 7.57. The molecule has 10 heteroatoms. The molecule has 0 amide bonds. The molecule has 1 aromatic carbocycles. The van der Waals surface area contributed by atoms with E-state index in [-0.39, 0.29) is 4.90 Å². The van der Waals surface area contributed by atoms with Crippen LogP contribution in [-0.4, -0.2) is 75.2 Å². The minimum atomic E-state index is -3.67. The summed E-state index contributed by atoms with van der Waals surface area (Å²) in [6, 6.07) is 5.73. The topological polar surface area (TPSA) is 78.9 Å². The van der Waals surface area contributed by atoms with Crippen LogP contribution in [0.3, 0.4) is 0 Å². The van der Waals surface area contributed by atoms with Crippen molar-refractivity contribution in [2.24, 2.45) is 0 Å². The number of ether oxygens (including phenoxy) is 1. The van der Waals surface area contributed by atoms with Crippen LogP contribution in [0.25, 0.3) is 0 Å². The number of aryl methyl sites for hydroxylation is 2. The van der Waals surface area contributed by atoms with Gasteiger partial charge in [-0.3, -0.25) is 0 Å². The molecule has 2 aliphatic heterocycles. The van der Waals surface area contributed by atoms with Gasteiger partial charge in [0.15, 0.2) is 0 Å². The van der Waals surface area contributed by atoms with Crippen molar-refractivity contribution < 1.29 is 17.5 Å². The lowest BCUT2D eigenvalue weighted by Gasteiger charge is -2.35. The molecule has 1 aromatic heterocycles. The first-order valence-electron chi connectivity index (χ1n) is 10.0.